The number of aliphatic imine (C=N–C) groups is 1. The Morgan fingerprint density at radius 2 is 2.00 bits per heavy atom. The van der Waals surface area contributed by atoms with Crippen molar-refractivity contribution in [3.8, 4) is 0 Å². The van der Waals surface area contributed by atoms with Crippen LogP contribution < -0.4 is 21.1 Å². The summed E-state index contributed by atoms with van der Waals surface area (Å²) < 4.78 is 0. The minimum Gasteiger partial charge on any atom is -0.404 e. The van der Waals surface area contributed by atoms with Crippen molar-refractivity contribution in [2.24, 2.45) is 10.7 Å². The molecule has 0 spiro atoms. The minimum atomic E-state index is -0.0880. The molecule has 7 heteroatoms. The van der Waals surface area contributed by atoms with Crippen molar-refractivity contribution in [1.82, 2.24) is 4.98 Å². The van der Waals surface area contributed by atoms with Crippen LogP contribution in [0.4, 0.5) is 17.1 Å². The monoisotopic (exact) mass is 417 g/mol. The molecule has 3 N–H and O–H groups in total. The number of aromatic amines is 1. The summed E-state index contributed by atoms with van der Waals surface area (Å²) in [6.07, 6.45) is 3.96. The standard InChI is InChI=1S/C24H25N5O2.H2/c1-15-9-19-20(27-24(15)31)5-4-6-21(19)29-8-7-28(3)22-11-18(17(12-25)13-26-2)16(14-30)10-23(22)29;/h4-6,9-14H,7-8,25H2,1-3H3,(H,27,31);1H/b17-12+,26-13?;. The number of nitrogens with two attached hydrogens (primary N) is 1. The Balaban J connectivity index is 0.00000289. The molecule has 2 aromatic carbocycles. The van der Waals surface area contributed by atoms with Crippen LogP contribution in [0.15, 0.2) is 52.4 Å². The molecular formula is C24H27N5O2. The fourth-order valence-corrected chi connectivity index (χ4v) is 4.10. The summed E-state index contributed by atoms with van der Waals surface area (Å²) in [6, 6.07) is 11.7. The zero-order valence-corrected chi connectivity index (χ0v) is 17.8. The van der Waals surface area contributed by atoms with E-state index in [9.17, 15) is 9.59 Å². The molecule has 0 aliphatic carbocycles. The largest absolute Gasteiger partial charge is 0.404 e. The molecule has 0 amide bonds. The lowest BCUT2D eigenvalue weighted by molar-refractivity contribution is 0.112. The SMILES string of the molecule is CN=C/C(=C\N)c1cc2c(cc1C=O)N(c1cccc3[nH]c(=O)c(C)cc13)CCN2C.[HH]. The molecule has 31 heavy (non-hydrogen) atoms. The maximum absolute atomic E-state index is 12.1. The number of anilines is 3. The first-order chi connectivity index (χ1) is 15.0. The third-order valence-corrected chi connectivity index (χ3v) is 5.73. The van der Waals surface area contributed by atoms with E-state index in [1.54, 1.807) is 20.2 Å². The number of fused-ring (bicyclic) bond motifs is 2. The van der Waals surface area contributed by atoms with Crippen molar-refractivity contribution in [2.45, 2.75) is 6.92 Å². The number of carbonyl (C=O) groups excluding carboxylic acids is 1. The van der Waals surface area contributed by atoms with Gasteiger partial charge >= 0.3 is 0 Å². The van der Waals surface area contributed by atoms with E-state index in [1.807, 2.05) is 43.4 Å². The molecule has 0 saturated carbocycles. The van der Waals surface area contributed by atoms with Gasteiger partial charge in [-0.15, -0.1) is 0 Å². The van der Waals surface area contributed by atoms with Crippen molar-refractivity contribution >= 4 is 46.0 Å². The molecule has 1 aromatic heterocycles. The van der Waals surface area contributed by atoms with Gasteiger partial charge < -0.3 is 20.5 Å². The van der Waals surface area contributed by atoms with Crippen molar-refractivity contribution < 1.29 is 6.22 Å². The summed E-state index contributed by atoms with van der Waals surface area (Å²) in [7, 11) is 3.70. The molecule has 0 saturated heterocycles. The summed E-state index contributed by atoms with van der Waals surface area (Å²) >= 11 is 0. The van der Waals surface area contributed by atoms with E-state index in [2.05, 4.69) is 19.8 Å². The zero-order valence-electron chi connectivity index (χ0n) is 17.8. The number of hydrogen-bond donors (Lipinski definition) is 2. The number of allylic oxidation sites excluding steroid dienone is 1. The van der Waals surface area contributed by atoms with Gasteiger partial charge in [0.05, 0.1) is 22.6 Å². The summed E-state index contributed by atoms with van der Waals surface area (Å²) in [5.41, 5.74) is 12.1. The molecule has 0 radical (unpaired) electrons. The van der Waals surface area contributed by atoms with E-state index in [0.717, 1.165) is 52.9 Å². The van der Waals surface area contributed by atoms with Crippen LogP contribution in [0.5, 0.6) is 0 Å². The van der Waals surface area contributed by atoms with Crippen molar-refractivity contribution in [2.75, 3.05) is 37.0 Å². The fourth-order valence-electron chi connectivity index (χ4n) is 4.10. The maximum Gasteiger partial charge on any atom is 0.251 e. The van der Waals surface area contributed by atoms with E-state index in [1.165, 1.54) is 6.20 Å². The van der Waals surface area contributed by atoms with Crippen molar-refractivity contribution in [3.63, 3.8) is 0 Å². The average molecular weight is 418 g/mol. The number of aromatic nitrogens is 1. The van der Waals surface area contributed by atoms with Crippen LogP contribution in [-0.2, 0) is 0 Å². The Hall–Kier alpha value is -3.87. The first-order valence-corrected chi connectivity index (χ1v) is 10.1. The van der Waals surface area contributed by atoms with Gasteiger partial charge in [-0.25, -0.2) is 0 Å². The third kappa shape index (κ3) is 3.48. The summed E-state index contributed by atoms with van der Waals surface area (Å²) in [5, 5.41) is 0.965. The Bertz CT molecular complexity index is 1300. The molecule has 2 heterocycles. The number of nitrogens with one attached hydrogen (secondary N) is 1. The van der Waals surface area contributed by atoms with E-state index < -0.39 is 0 Å². The lowest BCUT2D eigenvalue weighted by Crippen LogP contribution is -2.37. The Morgan fingerprint density at radius 1 is 1.19 bits per heavy atom. The highest BCUT2D eigenvalue weighted by molar-refractivity contribution is 6.13. The van der Waals surface area contributed by atoms with Crippen LogP contribution in [0.1, 0.15) is 22.9 Å². The normalized spacial score (nSPS) is 14.4. The van der Waals surface area contributed by atoms with Gasteiger partial charge in [0.25, 0.3) is 5.56 Å². The Kier molecular flexibility index (Phi) is 5.33. The number of rotatable bonds is 4. The number of likely N-dealkylation sites (N-methyl/N-ethyl adjacent to an activating group) is 1. The van der Waals surface area contributed by atoms with Crippen LogP contribution in [0, 0.1) is 6.92 Å². The summed E-state index contributed by atoms with van der Waals surface area (Å²) in [5.74, 6) is 0. The van der Waals surface area contributed by atoms with Crippen LogP contribution in [0.2, 0.25) is 0 Å². The average Bonchev–Trinajstić information content (AvgIpc) is 2.78. The van der Waals surface area contributed by atoms with Gasteiger partial charge in [0.2, 0.25) is 0 Å². The number of aryl methyl sites for hydroxylation is 1. The second-order valence-corrected chi connectivity index (χ2v) is 7.65. The van der Waals surface area contributed by atoms with Gasteiger partial charge in [0, 0.05) is 63.1 Å². The van der Waals surface area contributed by atoms with Gasteiger partial charge in [-0.05, 0) is 42.8 Å². The zero-order chi connectivity index (χ0) is 22.1. The van der Waals surface area contributed by atoms with Crippen molar-refractivity contribution in [1.29, 1.82) is 0 Å². The molecule has 0 bridgehead atoms. The predicted molar refractivity (Wildman–Crippen MR) is 130 cm³/mol. The Morgan fingerprint density at radius 3 is 2.71 bits per heavy atom. The van der Waals surface area contributed by atoms with E-state index in [0.29, 0.717) is 16.7 Å². The molecule has 7 nitrogen and oxygen atoms in total. The molecule has 0 fully saturated rings. The van der Waals surface area contributed by atoms with Gasteiger partial charge in [-0.3, -0.25) is 14.6 Å². The van der Waals surface area contributed by atoms with Crippen molar-refractivity contribution in [3.05, 3.63) is 69.6 Å². The molecule has 0 unspecified atom stereocenters. The second kappa shape index (κ2) is 8.10. The molecule has 1 aliphatic rings. The number of H-pyrrole nitrogens is 1. The van der Waals surface area contributed by atoms with Crippen LogP contribution in [-0.4, -0.2) is 44.7 Å². The van der Waals surface area contributed by atoms with Crippen LogP contribution in [0.25, 0.3) is 16.5 Å². The lowest BCUT2D eigenvalue weighted by Gasteiger charge is -2.38. The topological polar surface area (TPSA) is 94.8 Å². The highest BCUT2D eigenvalue weighted by atomic mass is 16.1. The fraction of sp³-hybridized carbons (Fsp3) is 0.208. The second-order valence-electron chi connectivity index (χ2n) is 7.65. The quantitative estimate of drug-likeness (QED) is 0.501. The van der Waals surface area contributed by atoms with E-state index >= 15 is 0 Å². The Labute approximate surface area is 182 Å². The maximum atomic E-state index is 12.1. The number of carbonyl (C=O) groups is 1. The lowest BCUT2D eigenvalue weighted by atomic mass is 9.97. The minimum absolute atomic E-state index is 0. The van der Waals surface area contributed by atoms with Gasteiger partial charge in [-0.1, -0.05) is 6.07 Å². The highest BCUT2D eigenvalue weighted by Gasteiger charge is 2.25. The van der Waals surface area contributed by atoms with Gasteiger partial charge in [-0.2, -0.15) is 0 Å². The summed E-state index contributed by atoms with van der Waals surface area (Å²) in [4.78, 5) is 35.4. The third-order valence-electron chi connectivity index (χ3n) is 5.73. The molecule has 1 aliphatic heterocycles. The number of hydrogen-bond acceptors (Lipinski definition) is 6. The molecular weight excluding hydrogens is 390 g/mol. The molecule has 3 aromatic rings. The number of pyridine rings is 1. The number of aldehydes is 1. The number of nitrogens with zero attached hydrogens (tertiary/aromatic N) is 3. The summed E-state index contributed by atoms with van der Waals surface area (Å²) in [6.45, 7) is 3.35. The molecule has 0 atom stereocenters. The van der Waals surface area contributed by atoms with Crippen LogP contribution >= 0.6 is 0 Å². The number of benzene rings is 2. The van der Waals surface area contributed by atoms with E-state index in [4.69, 9.17) is 5.73 Å². The van der Waals surface area contributed by atoms with Gasteiger partial charge in [0.15, 0.2) is 6.29 Å². The predicted octanol–water partition coefficient (Wildman–Crippen LogP) is 3.48. The highest BCUT2D eigenvalue weighted by Crippen LogP contribution is 2.41. The first-order valence-electron chi connectivity index (χ1n) is 10.1. The molecule has 4 rings (SSSR count). The first kappa shape index (κ1) is 20.4. The van der Waals surface area contributed by atoms with Crippen LogP contribution in [0.3, 0.4) is 0 Å². The smallest absolute Gasteiger partial charge is 0.251 e. The van der Waals surface area contributed by atoms with E-state index in [-0.39, 0.29) is 6.99 Å². The van der Waals surface area contributed by atoms with Gasteiger partial charge in [0.1, 0.15) is 0 Å². The molecule has 160 valence electrons.